The van der Waals surface area contributed by atoms with E-state index in [1.54, 1.807) is 6.07 Å². The molecule has 2 heterocycles. The van der Waals surface area contributed by atoms with Crippen LogP contribution in [0.15, 0.2) is 24.3 Å². The fourth-order valence-corrected chi connectivity index (χ4v) is 2.07. The first-order valence-corrected chi connectivity index (χ1v) is 6.17. The molecule has 1 atom stereocenters. The Morgan fingerprint density at radius 2 is 2.06 bits per heavy atom. The number of nitrogens with zero attached hydrogens (tertiary/aromatic N) is 1. The molecule has 0 aromatic heterocycles. The molecule has 2 aliphatic rings. The van der Waals surface area contributed by atoms with Crippen LogP contribution in [0.4, 0.5) is 0 Å². The molecule has 0 bridgehead atoms. The Bertz CT molecular complexity index is 442. The molecule has 1 aromatic carbocycles. The van der Waals surface area contributed by atoms with Crippen LogP contribution in [0.2, 0.25) is 0 Å². The number of amides is 1. The predicted octanol–water partition coefficient (Wildman–Crippen LogP) is 1.38. The second-order valence-corrected chi connectivity index (χ2v) is 4.34. The van der Waals surface area contributed by atoms with Crippen molar-refractivity contribution in [3.8, 4) is 11.5 Å². The SMILES string of the molecule is O=C(C1COc2ccccc2O1)N1CCCCO1. The average Bonchev–Trinajstić information content (AvgIpc) is 2.47. The smallest absolute Gasteiger partial charge is 0.290 e. The Hall–Kier alpha value is -1.75. The van der Waals surface area contributed by atoms with E-state index in [1.165, 1.54) is 5.06 Å². The highest BCUT2D eigenvalue weighted by Gasteiger charge is 2.32. The van der Waals surface area contributed by atoms with Gasteiger partial charge < -0.3 is 9.47 Å². The lowest BCUT2D eigenvalue weighted by molar-refractivity contribution is -0.205. The maximum Gasteiger partial charge on any atom is 0.290 e. The third kappa shape index (κ3) is 2.13. The molecule has 1 amide bonds. The maximum atomic E-state index is 12.2. The van der Waals surface area contributed by atoms with E-state index in [4.69, 9.17) is 14.3 Å². The number of rotatable bonds is 1. The van der Waals surface area contributed by atoms with E-state index in [1.807, 2.05) is 18.2 Å². The molecule has 1 aromatic rings. The summed E-state index contributed by atoms with van der Waals surface area (Å²) >= 11 is 0. The minimum atomic E-state index is -0.613. The topological polar surface area (TPSA) is 48.0 Å². The number of carbonyl (C=O) groups excluding carboxylic acids is 1. The third-order valence-electron chi connectivity index (χ3n) is 3.03. The quantitative estimate of drug-likeness (QED) is 0.754. The van der Waals surface area contributed by atoms with E-state index < -0.39 is 6.10 Å². The van der Waals surface area contributed by atoms with Gasteiger partial charge in [-0.3, -0.25) is 9.63 Å². The third-order valence-corrected chi connectivity index (χ3v) is 3.03. The van der Waals surface area contributed by atoms with Crippen LogP contribution in [-0.4, -0.2) is 36.8 Å². The van der Waals surface area contributed by atoms with E-state index >= 15 is 0 Å². The fraction of sp³-hybridized carbons (Fsp3) is 0.462. The number of para-hydroxylation sites is 2. The Labute approximate surface area is 105 Å². The van der Waals surface area contributed by atoms with Crippen LogP contribution >= 0.6 is 0 Å². The van der Waals surface area contributed by atoms with Crippen LogP contribution in [0.5, 0.6) is 11.5 Å². The standard InChI is InChI=1S/C13H15NO4/c15-13(14-7-3-4-8-17-14)12-9-16-10-5-1-2-6-11(10)18-12/h1-2,5-6,12H,3-4,7-9H2. The Morgan fingerprint density at radius 1 is 1.22 bits per heavy atom. The number of ether oxygens (including phenoxy) is 2. The van der Waals surface area contributed by atoms with Gasteiger partial charge in [0, 0.05) is 6.54 Å². The summed E-state index contributed by atoms with van der Waals surface area (Å²) in [5.41, 5.74) is 0. The average molecular weight is 249 g/mol. The lowest BCUT2D eigenvalue weighted by atomic mass is 10.2. The number of hydrogen-bond donors (Lipinski definition) is 0. The molecule has 0 spiro atoms. The summed E-state index contributed by atoms with van der Waals surface area (Å²) in [7, 11) is 0. The summed E-state index contributed by atoms with van der Waals surface area (Å²) in [6.45, 7) is 1.45. The summed E-state index contributed by atoms with van der Waals surface area (Å²) in [6.07, 6.45) is 1.35. The van der Waals surface area contributed by atoms with Gasteiger partial charge in [0.2, 0.25) is 6.10 Å². The van der Waals surface area contributed by atoms with Crippen LogP contribution in [-0.2, 0) is 9.63 Å². The van der Waals surface area contributed by atoms with Crippen LogP contribution in [0.1, 0.15) is 12.8 Å². The molecule has 1 fully saturated rings. The number of benzene rings is 1. The summed E-state index contributed by atoms with van der Waals surface area (Å²) in [5.74, 6) is 1.13. The normalized spacial score (nSPS) is 22.7. The lowest BCUT2D eigenvalue weighted by Crippen LogP contribution is -2.47. The number of carbonyl (C=O) groups is 1. The lowest BCUT2D eigenvalue weighted by Gasteiger charge is -2.31. The van der Waals surface area contributed by atoms with Crippen molar-refractivity contribution in [2.75, 3.05) is 19.8 Å². The molecule has 5 nitrogen and oxygen atoms in total. The van der Waals surface area contributed by atoms with Gasteiger partial charge in [0.15, 0.2) is 11.5 Å². The molecule has 18 heavy (non-hydrogen) atoms. The summed E-state index contributed by atoms with van der Waals surface area (Å²) in [6, 6.07) is 7.35. The van der Waals surface area contributed by atoms with Crippen molar-refractivity contribution < 1.29 is 19.1 Å². The van der Waals surface area contributed by atoms with Crippen molar-refractivity contribution in [1.82, 2.24) is 5.06 Å². The second-order valence-electron chi connectivity index (χ2n) is 4.34. The summed E-state index contributed by atoms with van der Waals surface area (Å²) in [5, 5.41) is 1.39. The molecular weight excluding hydrogens is 234 g/mol. The van der Waals surface area contributed by atoms with Crippen LogP contribution in [0.25, 0.3) is 0 Å². The van der Waals surface area contributed by atoms with Gasteiger partial charge in [-0.25, -0.2) is 5.06 Å². The number of fused-ring (bicyclic) bond motifs is 1. The molecule has 1 unspecified atom stereocenters. The molecule has 0 aliphatic carbocycles. The molecule has 0 radical (unpaired) electrons. The van der Waals surface area contributed by atoms with E-state index in [2.05, 4.69) is 0 Å². The number of hydrogen-bond acceptors (Lipinski definition) is 4. The molecular formula is C13H15NO4. The molecule has 2 aliphatic heterocycles. The van der Waals surface area contributed by atoms with Crippen molar-refractivity contribution in [1.29, 1.82) is 0 Å². The Morgan fingerprint density at radius 3 is 2.83 bits per heavy atom. The molecule has 5 heteroatoms. The van der Waals surface area contributed by atoms with E-state index in [9.17, 15) is 4.79 Å². The van der Waals surface area contributed by atoms with Crippen molar-refractivity contribution in [3.05, 3.63) is 24.3 Å². The highest BCUT2D eigenvalue weighted by molar-refractivity contribution is 5.81. The first kappa shape index (κ1) is 11.3. The van der Waals surface area contributed by atoms with Gasteiger partial charge in [-0.05, 0) is 25.0 Å². The van der Waals surface area contributed by atoms with Crippen LogP contribution in [0.3, 0.4) is 0 Å². The highest BCUT2D eigenvalue weighted by atomic mass is 16.7. The summed E-state index contributed by atoms with van der Waals surface area (Å²) in [4.78, 5) is 17.5. The first-order chi connectivity index (χ1) is 8.84. The number of hydroxylamine groups is 2. The minimum Gasteiger partial charge on any atom is -0.485 e. The predicted molar refractivity (Wildman–Crippen MR) is 63.3 cm³/mol. The van der Waals surface area contributed by atoms with Crippen LogP contribution in [0, 0.1) is 0 Å². The summed E-state index contributed by atoms with van der Waals surface area (Å²) < 4.78 is 11.2. The molecule has 96 valence electrons. The van der Waals surface area contributed by atoms with Crippen LogP contribution < -0.4 is 9.47 Å². The monoisotopic (exact) mass is 249 g/mol. The van der Waals surface area contributed by atoms with Crippen molar-refractivity contribution in [3.63, 3.8) is 0 Å². The first-order valence-electron chi connectivity index (χ1n) is 6.17. The zero-order chi connectivity index (χ0) is 12.4. The van der Waals surface area contributed by atoms with Gasteiger partial charge in [-0.2, -0.15) is 0 Å². The van der Waals surface area contributed by atoms with Crippen molar-refractivity contribution in [2.45, 2.75) is 18.9 Å². The van der Waals surface area contributed by atoms with Crippen molar-refractivity contribution >= 4 is 5.91 Å². The van der Waals surface area contributed by atoms with Gasteiger partial charge >= 0.3 is 0 Å². The van der Waals surface area contributed by atoms with Gasteiger partial charge in [0.1, 0.15) is 6.61 Å². The largest absolute Gasteiger partial charge is 0.485 e. The molecule has 3 rings (SSSR count). The minimum absolute atomic E-state index is 0.163. The molecule has 0 N–H and O–H groups in total. The molecule has 0 saturated carbocycles. The zero-order valence-corrected chi connectivity index (χ0v) is 10.0. The van der Waals surface area contributed by atoms with Gasteiger partial charge in [0.05, 0.1) is 6.61 Å². The molecule has 1 saturated heterocycles. The van der Waals surface area contributed by atoms with Gasteiger partial charge in [-0.1, -0.05) is 12.1 Å². The van der Waals surface area contributed by atoms with Crippen molar-refractivity contribution in [2.24, 2.45) is 0 Å². The maximum absolute atomic E-state index is 12.2. The van der Waals surface area contributed by atoms with E-state index in [0.29, 0.717) is 24.7 Å². The zero-order valence-electron chi connectivity index (χ0n) is 10.0. The Balaban J connectivity index is 1.69. The van der Waals surface area contributed by atoms with E-state index in [-0.39, 0.29) is 12.5 Å². The second kappa shape index (κ2) is 4.86. The fourth-order valence-electron chi connectivity index (χ4n) is 2.07. The Kier molecular flexibility index (Phi) is 3.06. The van der Waals surface area contributed by atoms with E-state index in [0.717, 1.165) is 12.8 Å². The van der Waals surface area contributed by atoms with Gasteiger partial charge in [-0.15, -0.1) is 0 Å². The van der Waals surface area contributed by atoms with Gasteiger partial charge in [0.25, 0.3) is 5.91 Å². The highest BCUT2D eigenvalue weighted by Crippen LogP contribution is 2.31.